The number of amides is 2. The van der Waals surface area contributed by atoms with E-state index >= 15 is 0 Å². The molecule has 1 aliphatic rings. The quantitative estimate of drug-likeness (QED) is 0.848. The van der Waals surface area contributed by atoms with Crippen LogP contribution in [0.2, 0.25) is 0 Å². The van der Waals surface area contributed by atoms with Crippen LogP contribution in [0.3, 0.4) is 0 Å². The summed E-state index contributed by atoms with van der Waals surface area (Å²) in [6, 6.07) is 9.87. The molecule has 1 aromatic carbocycles. The monoisotopic (exact) mass is 371 g/mol. The molecule has 138 valence electrons. The van der Waals surface area contributed by atoms with Crippen molar-refractivity contribution in [3.05, 3.63) is 51.7 Å². The highest BCUT2D eigenvalue weighted by Crippen LogP contribution is 2.16. The van der Waals surface area contributed by atoms with Crippen LogP contribution in [-0.4, -0.2) is 42.4 Å². The predicted molar refractivity (Wildman–Crippen MR) is 106 cm³/mol. The van der Waals surface area contributed by atoms with Crippen molar-refractivity contribution in [2.45, 2.75) is 32.7 Å². The van der Waals surface area contributed by atoms with Gasteiger partial charge in [-0.1, -0.05) is 12.1 Å². The van der Waals surface area contributed by atoms with E-state index in [0.717, 1.165) is 36.5 Å². The normalized spacial score (nSPS) is 15.6. The molecule has 1 fully saturated rings. The molecule has 2 amide bonds. The van der Waals surface area contributed by atoms with Crippen molar-refractivity contribution in [3.8, 4) is 0 Å². The molecule has 1 saturated heterocycles. The van der Waals surface area contributed by atoms with Crippen LogP contribution < -0.4 is 10.6 Å². The Labute approximate surface area is 158 Å². The first-order chi connectivity index (χ1) is 12.5. The van der Waals surface area contributed by atoms with E-state index in [1.165, 1.54) is 22.5 Å². The lowest BCUT2D eigenvalue weighted by Gasteiger charge is -2.31. The predicted octanol–water partition coefficient (Wildman–Crippen LogP) is 3.20. The van der Waals surface area contributed by atoms with E-state index in [1.54, 1.807) is 0 Å². The minimum atomic E-state index is 0.00549. The molecule has 0 unspecified atom stereocenters. The van der Waals surface area contributed by atoms with Gasteiger partial charge in [-0.25, -0.2) is 0 Å². The molecule has 2 heterocycles. The third-order valence-corrected chi connectivity index (χ3v) is 5.69. The van der Waals surface area contributed by atoms with Gasteiger partial charge in [-0.3, -0.25) is 14.5 Å². The molecule has 3 rings (SSSR count). The molecule has 0 aliphatic carbocycles. The summed E-state index contributed by atoms with van der Waals surface area (Å²) in [6.07, 6.45) is 1.74. The van der Waals surface area contributed by atoms with Crippen LogP contribution in [0.5, 0.6) is 0 Å². The molecule has 0 atom stereocenters. The Morgan fingerprint density at radius 1 is 1.15 bits per heavy atom. The number of hydrogen-bond donors (Lipinski definition) is 2. The van der Waals surface area contributed by atoms with Gasteiger partial charge in [0.05, 0.1) is 11.4 Å². The molecular weight excluding hydrogens is 346 g/mol. The van der Waals surface area contributed by atoms with Gasteiger partial charge in [0.25, 0.3) is 5.91 Å². The fourth-order valence-corrected chi connectivity index (χ4v) is 3.75. The number of carbonyl (C=O) groups excluding carboxylic acids is 2. The zero-order valence-electron chi connectivity index (χ0n) is 15.2. The summed E-state index contributed by atoms with van der Waals surface area (Å²) in [7, 11) is 0. The minimum Gasteiger partial charge on any atom is -0.349 e. The highest BCUT2D eigenvalue weighted by molar-refractivity contribution is 7.12. The number of carbonyl (C=O) groups is 2. The minimum absolute atomic E-state index is 0.00549. The second-order valence-electron chi connectivity index (χ2n) is 6.85. The summed E-state index contributed by atoms with van der Waals surface area (Å²) in [5.74, 6) is 0.0141. The van der Waals surface area contributed by atoms with Gasteiger partial charge < -0.3 is 10.6 Å². The fraction of sp³-hybridized carbons (Fsp3) is 0.400. The largest absolute Gasteiger partial charge is 0.349 e. The molecule has 6 heteroatoms. The molecular formula is C20H25N3O2S. The average Bonchev–Trinajstić information content (AvgIpc) is 3.15. The highest BCUT2D eigenvalue weighted by atomic mass is 32.1. The van der Waals surface area contributed by atoms with E-state index in [9.17, 15) is 9.59 Å². The maximum atomic E-state index is 12.3. The Hall–Kier alpha value is -2.18. The van der Waals surface area contributed by atoms with Gasteiger partial charge in [0.1, 0.15) is 0 Å². The first-order valence-electron chi connectivity index (χ1n) is 8.95. The van der Waals surface area contributed by atoms with E-state index in [2.05, 4.69) is 22.5 Å². The van der Waals surface area contributed by atoms with E-state index in [0.29, 0.717) is 6.54 Å². The number of benzene rings is 1. The number of piperidine rings is 1. The second kappa shape index (κ2) is 8.47. The lowest BCUT2D eigenvalue weighted by Crippen LogP contribution is -2.46. The van der Waals surface area contributed by atoms with Crippen molar-refractivity contribution < 1.29 is 9.59 Å². The van der Waals surface area contributed by atoms with Gasteiger partial charge in [0.2, 0.25) is 5.91 Å². The van der Waals surface area contributed by atoms with Gasteiger partial charge in [0.15, 0.2) is 0 Å². The molecule has 0 radical (unpaired) electrons. The Balaban J connectivity index is 1.42. The van der Waals surface area contributed by atoms with Crippen molar-refractivity contribution >= 4 is 28.8 Å². The summed E-state index contributed by atoms with van der Waals surface area (Å²) in [5.41, 5.74) is 3.23. The Kier molecular flexibility index (Phi) is 6.06. The topological polar surface area (TPSA) is 61.4 Å². The number of anilines is 1. The summed E-state index contributed by atoms with van der Waals surface area (Å²) >= 11 is 1.46. The van der Waals surface area contributed by atoms with Crippen molar-refractivity contribution in [1.29, 1.82) is 0 Å². The van der Waals surface area contributed by atoms with Crippen LogP contribution in [0.4, 0.5) is 5.69 Å². The number of likely N-dealkylation sites (tertiary alicyclic amines) is 1. The first-order valence-corrected chi connectivity index (χ1v) is 9.83. The van der Waals surface area contributed by atoms with E-state index < -0.39 is 0 Å². The number of nitrogens with one attached hydrogen (secondary N) is 2. The number of nitrogens with zero attached hydrogens (tertiary/aromatic N) is 1. The molecule has 0 bridgehead atoms. The van der Waals surface area contributed by atoms with E-state index in [1.807, 2.05) is 42.6 Å². The van der Waals surface area contributed by atoms with Gasteiger partial charge in [-0.2, -0.15) is 0 Å². The summed E-state index contributed by atoms with van der Waals surface area (Å²) in [4.78, 5) is 27.3. The van der Waals surface area contributed by atoms with Crippen LogP contribution in [0.25, 0.3) is 0 Å². The van der Waals surface area contributed by atoms with Crippen molar-refractivity contribution in [3.63, 3.8) is 0 Å². The second-order valence-corrected chi connectivity index (χ2v) is 7.80. The molecule has 2 aromatic rings. The smallest absolute Gasteiger partial charge is 0.261 e. The number of hydrogen-bond acceptors (Lipinski definition) is 4. The SMILES string of the molecule is Cc1ccc(NC(=O)CN2CCC(NC(=O)c3cccs3)CC2)cc1C. The molecule has 26 heavy (non-hydrogen) atoms. The van der Waals surface area contributed by atoms with E-state index in [4.69, 9.17) is 0 Å². The Morgan fingerprint density at radius 2 is 1.92 bits per heavy atom. The number of rotatable bonds is 5. The molecule has 1 aliphatic heterocycles. The molecule has 2 N–H and O–H groups in total. The maximum absolute atomic E-state index is 12.3. The number of thiophene rings is 1. The van der Waals surface area contributed by atoms with Gasteiger partial charge in [0, 0.05) is 24.8 Å². The summed E-state index contributed by atoms with van der Waals surface area (Å²) < 4.78 is 0. The van der Waals surface area contributed by atoms with Gasteiger partial charge in [-0.15, -0.1) is 11.3 Å². The lowest BCUT2D eigenvalue weighted by atomic mass is 10.0. The average molecular weight is 372 g/mol. The van der Waals surface area contributed by atoms with Gasteiger partial charge in [-0.05, 0) is 61.4 Å². The third-order valence-electron chi connectivity index (χ3n) is 4.83. The van der Waals surface area contributed by atoms with E-state index in [-0.39, 0.29) is 17.9 Å². The van der Waals surface area contributed by atoms with Crippen LogP contribution in [-0.2, 0) is 4.79 Å². The fourth-order valence-electron chi connectivity index (χ4n) is 3.12. The third kappa shape index (κ3) is 4.93. The molecule has 0 spiro atoms. The highest BCUT2D eigenvalue weighted by Gasteiger charge is 2.22. The summed E-state index contributed by atoms with van der Waals surface area (Å²) in [5, 5.41) is 7.97. The maximum Gasteiger partial charge on any atom is 0.261 e. The zero-order valence-corrected chi connectivity index (χ0v) is 16.1. The number of aryl methyl sites for hydroxylation is 2. The van der Waals surface area contributed by atoms with Crippen LogP contribution in [0.15, 0.2) is 35.7 Å². The Morgan fingerprint density at radius 3 is 2.58 bits per heavy atom. The van der Waals surface area contributed by atoms with Crippen molar-refractivity contribution in [2.75, 3.05) is 25.0 Å². The van der Waals surface area contributed by atoms with Crippen LogP contribution >= 0.6 is 11.3 Å². The molecule has 1 aromatic heterocycles. The van der Waals surface area contributed by atoms with Crippen LogP contribution in [0, 0.1) is 13.8 Å². The first kappa shape index (κ1) is 18.6. The lowest BCUT2D eigenvalue weighted by molar-refractivity contribution is -0.117. The van der Waals surface area contributed by atoms with Crippen molar-refractivity contribution in [1.82, 2.24) is 10.2 Å². The van der Waals surface area contributed by atoms with Crippen LogP contribution in [0.1, 0.15) is 33.6 Å². The molecule has 5 nitrogen and oxygen atoms in total. The summed E-state index contributed by atoms with van der Waals surface area (Å²) in [6.45, 7) is 6.12. The Bertz CT molecular complexity index is 765. The molecule has 0 saturated carbocycles. The van der Waals surface area contributed by atoms with Gasteiger partial charge >= 0.3 is 0 Å². The standard InChI is InChI=1S/C20H25N3O2S/c1-14-5-6-17(12-15(14)2)21-19(24)13-23-9-7-16(8-10-23)22-20(25)18-4-3-11-26-18/h3-6,11-12,16H,7-10,13H2,1-2H3,(H,21,24)(H,22,25). The zero-order chi connectivity index (χ0) is 18.5. The van der Waals surface area contributed by atoms with Crippen molar-refractivity contribution in [2.24, 2.45) is 0 Å².